The van der Waals surface area contributed by atoms with Gasteiger partial charge in [0, 0.05) is 11.4 Å². The van der Waals surface area contributed by atoms with Crippen LogP contribution in [0.25, 0.3) is 0 Å². The average Bonchev–Trinajstić information content (AvgIpc) is 3.50. The summed E-state index contributed by atoms with van der Waals surface area (Å²) in [6.45, 7) is 1.84. The van der Waals surface area contributed by atoms with Gasteiger partial charge in [-0.1, -0.05) is 41.9 Å². The Bertz CT molecular complexity index is 920. The van der Waals surface area contributed by atoms with Gasteiger partial charge in [0.25, 0.3) is 0 Å². The molecule has 0 amide bonds. The average molecular weight is 412 g/mol. The summed E-state index contributed by atoms with van der Waals surface area (Å²) in [7, 11) is 0. The number of rotatable bonds is 5. The predicted molar refractivity (Wildman–Crippen MR) is 112 cm³/mol. The number of aliphatic hydroxyl groups is 2. The van der Waals surface area contributed by atoms with Crippen LogP contribution < -0.4 is 0 Å². The van der Waals surface area contributed by atoms with Crippen LogP contribution >= 0.6 is 11.6 Å². The lowest BCUT2D eigenvalue weighted by molar-refractivity contribution is -0.0901. The Morgan fingerprint density at radius 2 is 1.90 bits per heavy atom. The van der Waals surface area contributed by atoms with Crippen LogP contribution in [0.2, 0.25) is 5.02 Å². The van der Waals surface area contributed by atoms with Crippen molar-refractivity contribution in [3.63, 3.8) is 0 Å². The SMILES string of the molecule is CC1CC(O)CC(c2cc(Cc3ccc(C4(C#N)CC4)cc3)c(Cl)cc2CO)O1. The second-order valence-electron chi connectivity index (χ2n) is 8.43. The van der Waals surface area contributed by atoms with E-state index in [0.29, 0.717) is 24.3 Å². The van der Waals surface area contributed by atoms with Gasteiger partial charge in [-0.15, -0.1) is 0 Å². The van der Waals surface area contributed by atoms with Crippen LogP contribution in [0, 0.1) is 11.3 Å². The summed E-state index contributed by atoms with van der Waals surface area (Å²) in [6, 6.07) is 14.5. The van der Waals surface area contributed by atoms with Crippen LogP contribution in [-0.2, 0) is 23.2 Å². The number of hydrogen-bond acceptors (Lipinski definition) is 4. The zero-order valence-electron chi connectivity index (χ0n) is 16.6. The lowest BCUT2D eigenvalue weighted by Crippen LogP contribution is -2.30. The minimum Gasteiger partial charge on any atom is -0.393 e. The minimum absolute atomic E-state index is 0.0307. The van der Waals surface area contributed by atoms with Gasteiger partial charge >= 0.3 is 0 Å². The first kappa shape index (κ1) is 20.4. The van der Waals surface area contributed by atoms with E-state index in [4.69, 9.17) is 16.3 Å². The Labute approximate surface area is 176 Å². The molecule has 3 unspecified atom stereocenters. The van der Waals surface area contributed by atoms with Gasteiger partial charge in [0.15, 0.2) is 0 Å². The zero-order chi connectivity index (χ0) is 20.6. The molecule has 2 aliphatic rings. The first-order valence-corrected chi connectivity index (χ1v) is 10.6. The highest BCUT2D eigenvalue weighted by molar-refractivity contribution is 6.31. The van der Waals surface area contributed by atoms with Crippen molar-refractivity contribution in [3.8, 4) is 6.07 Å². The Hall–Kier alpha value is -1.90. The Kier molecular flexibility index (Phi) is 5.68. The third-order valence-electron chi connectivity index (χ3n) is 6.18. The molecule has 4 rings (SSSR count). The largest absolute Gasteiger partial charge is 0.393 e. The van der Waals surface area contributed by atoms with Gasteiger partial charge in [0.1, 0.15) is 0 Å². The van der Waals surface area contributed by atoms with Crippen molar-refractivity contribution in [1.29, 1.82) is 5.26 Å². The van der Waals surface area contributed by atoms with E-state index < -0.39 is 6.10 Å². The lowest BCUT2D eigenvalue weighted by atomic mass is 9.90. The fraction of sp³-hybridized carbons (Fsp3) is 0.458. The summed E-state index contributed by atoms with van der Waals surface area (Å²) >= 11 is 6.52. The molecule has 0 spiro atoms. The molecule has 1 aliphatic carbocycles. The zero-order valence-corrected chi connectivity index (χ0v) is 17.3. The van der Waals surface area contributed by atoms with Crippen molar-refractivity contribution in [2.75, 3.05) is 0 Å². The van der Waals surface area contributed by atoms with Crippen LogP contribution in [0.3, 0.4) is 0 Å². The first-order valence-electron chi connectivity index (χ1n) is 10.2. The van der Waals surface area contributed by atoms with Crippen molar-refractivity contribution in [2.24, 2.45) is 0 Å². The van der Waals surface area contributed by atoms with E-state index in [1.807, 2.05) is 31.2 Å². The summed E-state index contributed by atoms with van der Waals surface area (Å²) in [4.78, 5) is 0. The van der Waals surface area contributed by atoms with E-state index in [0.717, 1.165) is 40.7 Å². The van der Waals surface area contributed by atoms with Crippen molar-refractivity contribution in [3.05, 3.63) is 69.2 Å². The molecule has 0 radical (unpaired) electrons. The smallest absolute Gasteiger partial charge is 0.0856 e. The number of ether oxygens (including phenoxy) is 1. The topological polar surface area (TPSA) is 73.5 Å². The molecule has 2 aromatic carbocycles. The fourth-order valence-corrected chi connectivity index (χ4v) is 4.57. The molecule has 0 aromatic heterocycles. The van der Waals surface area contributed by atoms with Gasteiger partial charge in [0.05, 0.1) is 36.4 Å². The molecule has 2 fully saturated rings. The van der Waals surface area contributed by atoms with Crippen molar-refractivity contribution in [1.82, 2.24) is 0 Å². The molecule has 152 valence electrons. The second-order valence-corrected chi connectivity index (χ2v) is 8.84. The monoisotopic (exact) mass is 411 g/mol. The molecule has 1 saturated heterocycles. The number of benzene rings is 2. The Morgan fingerprint density at radius 1 is 1.17 bits per heavy atom. The molecule has 0 bridgehead atoms. The third-order valence-corrected chi connectivity index (χ3v) is 6.53. The van der Waals surface area contributed by atoms with E-state index in [1.54, 1.807) is 0 Å². The summed E-state index contributed by atoms with van der Waals surface area (Å²) < 4.78 is 6.06. The highest BCUT2D eigenvalue weighted by Crippen LogP contribution is 2.47. The van der Waals surface area contributed by atoms with E-state index in [9.17, 15) is 15.5 Å². The maximum absolute atomic E-state index is 10.2. The van der Waals surface area contributed by atoms with Gasteiger partial charge in [-0.2, -0.15) is 5.26 Å². The van der Waals surface area contributed by atoms with E-state index in [2.05, 4.69) is 18.2 Å². The molecule has 1 aliphatic heterocycles. The molecular formula is C24H26ClNO3. The predicted octanol–water partition coefficient (Wildman–Crippen LogP) is 4.58. The summed E-state index contributed by atoms with van der Waals surface area (Å²) in [5.41, 5.74) is 4.53. The summed E-state index contributed by atoms with van der Waals surface area (Å²) in [5, 5.41) is 30.0. The molecule has 1 saturated carbocycles. The maximum Gasteiger partial charge on any atom is 0.0856 e. The van der Waals surface area contributed by atoms with Crippen molar-refractivity contribution >= 4 is 11.6 Å². The molecule has 4 nitrogen and oxygen atoms in total. The van der Waals surface area contributed by atoms with Crippen LogP contribution in [0.15, 0.2) is 36.4 Å². The molecule has 1 heterocycles. The Morgan fingerprint density at radius 3 is 2.48 bits per heavy atom. The summed E-state index contributed by atoms with van der Waals surface area (Å²) in [6.07, 6.45) is 2.99. The molecule has 5 heteroatoms. The molecule has 29 heavy (non-hydrogen) atoms. The van der Waals surface area contributed by atoms with Crippen LogP contribution in [0.1, 0.15) is 66.5 Å². The number of hydrogen-bond donors (Lipinski definition) is 2. The number of halogens is 1. The van der Waals surface area contributed by atoms with Gasteiger partial charge in [-0.05, 0) is 66.5 Å². The first-order chi connectivity index (χ1) is 13.9. The van der Waals surface area contributed by atoms with Gasteiger partial charge < -0.3 is 14.9 Å². The van der Waals surface area contributed by atoms with Crippen LogP contribution in [0.5, 0.6) is 0 Å². The third kappa shape index (κ3) is 4.20. The summed E-state index contributed by atoms with van der Waals surface area (Å²) in [5.74, 6) is 0. The second kappa shape index (κ2) is 8.08. The molecule has 2 N–H and O–H groups in total. The van der Waals surface area contributed by atoms with Crippen LogP contribution in [0.4, 0.5) is 0 Å². The number of nitrogens with zero attached hydrogens (tertiary/aromatic N) is 1. The lowest BCUT2D eigenvalue weighted by Gasteiger charge is -2.33. The van der Waals surface area contributed by atoms with Crippen LogP contribution in [-0.4, -0.2) is 22.4 Å². The van der Waals surface area contributed by atoms with Gasteiger partial charge in [-0.25, -0.2) is 0 Å². The van der Waals surface area contributed by atoms with Gasteiger partial charge in [0.2, 0.25) is 0 Å². The van der Waals surface area contributed by atoms with E-state index in [-0.39, 0.29) is 24.2 Å². The van der Waals surface area contributed by atoms with Crippen molar-refractivity contribution in [2.45, 2.75) is 69.4 Å². The fourth-order valence-electron chi connectivity index (χ4n) is 4.32. The quantitative estimate of drug-likeness (QED) is 0.755. The Balaban J connectivity index is 1.60. The highest BCUT2D eigenvalue weighted by atomic mass is 35.5. The van der Waals surface area contributed by atoms with E-state index in [1.165, 1.54) is 0 Å². The molecule has 2 aromatic rings. The highest BCUT2D eigenvalue weighted by Gasteiger charge is 2.44. The van der Waals surface area contributed by atoms with Gasteiger partial charge in [-0.3, -0.25) is 0 Å². The normalized spacial score (nSPS) is 25.4. The van der Waals surface area contributed by atoms with E-state index >= 15 is 0 Å². The maximum atomic E-state index is 10.2. The minimum atomic E-state index is -0.406. The number of aliphatic hydroxyl groups excluding tert-OH is 2. The molecule has 3 atom stereocenters. The standard InChI is InChI=1S/C24H26ClNO3/c1-15-8-20(28)12-23(29-15)21-10-17(22(25)11-18(21)13-27)9-16-2-4-19(5-3-16)24(14-26)6-7-24/h2-5,10-11,15,20,23,27-28H,6-9,12-13H2,1H3. The molecular weight excluding hydrogens is 386 g/mol. The number of nitriles is 1. The van der Waals surface area contributed by atoms with Crippen molar-refractivity contribution < 1.29 is 14.9 Å².